The van der Waals surface area contributed by atoms with E-state index in [2.05, 4.69) is 101 Å². The maximum atomic E-state index is 2.79. The minimum atomic E-state index is 1.07. The van der Waals surface area contributed by atoms with E-state index in [1.54, 1.807) is 0 Å². The van der Waals surface area contributed by atoms with Crippen molar-refractivity contribution in [3.8, 4) is 0 Å². The third-order valence-electron chi connectivity index (χ3n) is 15.8. The molecule has 10 rings (SSSR count). The summed E-state index contributed by atoms with van der Waals surface area (Å²) in [5, 5.41) is 8.75. The second-order valence-electron chi connectivity index (χ2n) is 20.1. The first-order valence-electron chi connectivity index (χ1n) is 26.4. The Morgan fingerprint density at radius 1 is 0.270 bits per heavy atom. The van der Waals surface area contributed by atoms with Crippen LogP contribution in [0.1, 0.15) is 135 Å². The van der Waals surface area contributed by atoms with Crippen LogP contribution in [0.2, 0.25) is 0 Å². The molecule has 6 nitrogen and oxygen atoms in total. The summed E-state index contributed by atoms with van der Waals surface area (Å²) >= 11 is 0. The lowest BCUT2D eigenvalue weighted by Crippen LogP contribution is -2.30. The van der Waals surface area contributed by atoms with Crippen LogP contribution in [0.3, 0.4) is 0 Å². The van der Waals surface area contributed by atoms with Gasteiger partial charge in [-0.15, -0.1) is 0 Å². The SMILES string of the molecule is c1ccc2c(c1)c1c(c3c4ccccc4n(CCCCCCN4CCCCC4)c3c3c4ccccc4n(CCCCCCN4CCCCC4)c13)n2CCCCCCN1CCCCC1. The van der Waals surface area contributed by atoms with E-state index in [0.29, 0.717) is 0 Å². The lowest BCUT2D eigenvalue weighted by Gasteiger charge is -2.26. The Hall–Kier alpha value is -3.84. The number of fused-ring (bicyclic) bond motifs is 12. The van der Waals surface area contributed by atoms with E-state index >= 15 is 0 Å². The molecule has 0 spiro atoms. The zero-order valence-corrected chi connectivity index (χ0v) is 38.9. The van der Waals surface area contributed by atoms with Crippen LogP contribution in [-0.4, -0.2) is 87.3 Å². The molecule has 0 unspecified atom stereocenters. The Morgan fingerprint density at radius 2 is 0.524 bits per heavy atom. The molecule has 0 aliphatic carbocycles. The first-order valence-corrected chi connectivity index (χ1v) is 26.4. The molecule has 6 heteroatoms. The molecular weight excluding hydrogens is 769 g/mol. The molecule has 4 aromatic carbocycles. The van der Waals surface area contributed by atoms with Gasteiger partial charge in [0.05, 0.1) is 16.6 Å². The van der Waals surface area contributed by atoms with Crippen LogP contribution in [0.4, 0.5) is 0 Å². The molecule has 3 aliphatic heterocycles. The monoisotopic (exact) mass is 847 g/mol. The van der Waals surface area contributed by atoms with E-state index in [0.717, 1.165) is 19.6 Å². The number of para-hydroxylation sites is 3. The molecule has 6 heterocycles. The number of likely N-dealkylation sites (tertiary alicyclic amines) is 3. The number of unbranched alkanes of at least 4 members (excludes halogenated alkanes) is 9. The predicted octanol–water partition coefficient (Wildman–Crippen LogP) is 14.1. The van der Waals surface area contributed by atoms with E-state index in [1.165, 1.54) is 259 Å². The molecule has 0 atom stereocenters. The highest BCUT2D eigenvalue weighted by Gasteiger charge is 2.27. The van der Waals surface area contributed by atoms with Crippen LogP contribution in [0, 0.1) is 0 Å². The van der Waals surface area contributed by atoms with Crippen molar-refractivity contribution >= 4 is 65.4 Å². The van der Waals surface area contributed by atoms with Crippen LogP contribution in [-0.2, 0) is 19.6 Å². The van der Waals surface area contributed by atoms with Crippen molar-refractivity contribution in [3.63, 3.8) is 0 Å². The first-order chi connectivity index (χ1) is 31.3. The van der Waals surface area contributed by atoms with E-state index in [-0.39, 0.29) is 0 Å². The average molecular weight is 847 g/mol. The third kappa shape index (κ3) is 9.34. The van der Waals surface area contributed by atoms with Crippen LogP contribution in [0.25, 0.3) is 65.4 Å². The van der Waals surface area contributed by atoms with Crippen molar-refractivity contribution in [2.75, 3.05) is 58.9 Å². The molecule has 0 bridgehead atoms. The van der Waals surface area contributed by atoms with Gasteiger partial charge in [-0.05, 0) is 154 Å². The standard InChI is InChI=1S/C57H78N6/c1(16-34-58-37-19-7-20-38-58)4-25-43-61-49-31-13-10-28-46(49)52-55(61)53-47-29-11-14-32-50(47)62(44-26-5-2-17-35-59-39-21-8-22-40-59)57(53)54-48-30-12-15-33-51(48)63(56(52)54)45-27-6-3-18-36-60-41-23-9-24-42-60/h10-15,28-33H,1-9,16-27,34-45H2. The molecule has 3 fully saturated rings. The quantitative estimate of drug-likeness (QED) is 0.0674. The summed E-state index contributed by atoms with van der Waals surface area (Å²) in [6, 6.07) is 28.4. The minimum absolute atomic E-state index is 1.07. The number of rotatable bonds is 21. The van der Waals surface area contributed by atoms with Gasteiger partial charge in [-0.2, -0.15) is 0 Å². The molecule has 0 N–H and O–H groups in total. The van der Waals surface area contributed by atoms with Crippen molar-refractivity contribution in [2.45, 2.75) is 154 Å². The summed E-state index contributed by atoms with van der Waals surface area (Å²) in [7, 11) is 0. The summed E-state index contributed by atoms with van der Waals surface area (Å²) in [5.74, 6) is 0. The second-order valence-corrected chi connectivity index (χ2v) is 20.1. The van der Waals surface area contributed by atoms with Gasteiger partial charge in [0.15, 0.2) is 0 Å². The summed E-state index contributed by atoms with van der Waals surface area (Å²) in [4.78, 5) is 8.16. The van der Waals surface area contributed by atoms with Gasteiger partial charge in [0, 0.05) is 68.5 Å². The number of piperidine rings is 3. The summed E-state index contributed by atoms with van der Waals surface area (Å²) in [6.07, 6.45) is 28.2. The molecule has 7 aromatic rings. The van der Waals surface area contributed by atoms with Gasteiger partial charge in [0.25, 0.3) is 0 Å². The highest BCUT2D eigenvalue weighted by molar-refractivity contribution is 6.39. The Morgan fingerprint density at radius 3 is 0.810 bits per heavy atom. The largest absolute Gasteiger partial charge is 0.340 e. The van der Waals surface area contributed by atoms with Gasteiger partial charge in [-0.25, -0.2) is 0 Å². The normalized spacial score (nSPS) is 17.5. The van der Waals surface area contributed by atoms with Gasteiger partial charge in [0.2, 0.25) is 0 Å². The van der Waals surface area contributed by atoms with Gasteiger partial charge in [0.1, 0.15) is 0 Å². The van der Waals surface area contributed by atoms with Crippen LogP contribution < -0.4 is 0 Å². The number of benzene rings is 4. The second kappa shape index (κ2) is 21.0. The van der Waals surface area contributed by atoms with Crippen molar-refractivity contribution in [1.29, 1.82) is 0 Å². The first kappa shape index (κ1) is 43.1. The Bertz CT molecular complexity index is 2240. The highest BCUT2D eigenvalue weighted by Crippen LogP contribution is 2.48. The maximum absolute atomic E-state index is 2.79. The van der Waals surface area contributed by atoms with Crippen molar-refractivity contribution in [1.82, 2.24) is 28.4 Å². The summed E-state index contributed by atoms with van der Waals surface area (Å²) in [6.45, 7) is 15.0. The zero-order valence-electron chi connectivity index (χ0n) is 38.9. The Balaban J connectivity index is 1.03. The number of nitrogens with zero attached hydrogens (tertiary/aromatic N) is 6. The van der Waals surface area contributed by atoms with E-state index in [9.17, 15) is 0 Å². The fourth-order valence-corrected chi connectivity index (χ4v) is 12.5. The number of hydrogen-bond acceptors (Lipinski definition) is 3. The molecule has 3 aromatic heterocycles. The van der Waals surface area contributed by atoms with Gasteiger partial charge >= 0.3 is 0 Å². The molecule has 63 heavy (non-hydrogen) atoms. The van der Waals surface area contributed by atoms with Gasteiger partial charge in [-0.3, -0.25) is 0 Å². The van der Waals surface area contributed by atoms with E-state index < -0.39 is 0 Å². The maximum Gasteiger partial charge on any atom is 0.0614 e. The molecule has 3 saturated heterocycles. The molecular formula is C57H78N6. The number of aryl methyl sites for hydroxylation is 3. The zero-order chi connectivity index (χ0) is 42.2. The lowest BCUT2D eigenvalue weighted by atomic mass is 10.0. The molecule has 336 valence electrons. The van der Waals surface area contributed by atoms with Gasteiger partial charge < -0.3 is 28.4 Å². The Labute approximate surface area is 378 Å². The van der Waals surface area contributed by atoms with Gasteiger partial charge in [-0.1, -0.05) is 112 Å². The minimum Gasteiger partial charge on any atom is -0.340 e. The summed E-state index contributed by atoms with van der Waals surface area (Å²) in [5.41, 5.74) is 8.68. The Kier molecular flexibility index (Phi) is 14.3. The van der Waals surface area contributed by atoms with Crippen molar-refractivity contribution in [3.05, 3.63) is 72.8 Å². The van der Waals surface area contributed by atoms with E-state index in [4.69, 9.17) is 0 Å². The fourth-order valence-electron chi connectivity index (χ4n) is 12.5. The highest BCUT2D eigenvalue weighted by atomic mass is 15.1. The average Bonchev–Trinajstić information content (AvgIpc) is 3.96. The van der Waals surface area contributed by atoms with Crippen LogP contribution in [0.15, 0.2) is 72.8 Å². The molecule has 0 radical (unpaired) electrons. The van der Waals surface area contributed by atoms with Crippen LogP contribution >= 0.6 is 0 Å². The van der Waals surface area contributed by atoms with Crippen molar-refractivity contribution in [2.24, 2.45) is 0 Å². The molecule has 0 amide bonds. The lowest BCUT2D eigenvalue weighted by molar-refractivity contribution is 0.224. The fraction of sp³-hybridized carbons (Fsp3) is 0.579. The molecule has 3 aliphatic rings. The predicted molar refractivity (Wildman–Crippen MR) is 272 cm³/mol. The van der Waals surface area contributed by atoms with Crippen molar-refractivity contribution < 1.29 is 0 Å². The smallest absolute Gasteiger partial charge is 0.0614 e. The topological polar surface area (TPSA) is 24.5 Å². The van der Waals surface area contributed by atoms with Crippen LogP contribution in [0.5, 0.6) is 0 Å². The number of hydrogen-bond donors (Lipinski definition) is 0. The van der Waals surface area contributed by atoms with E-state index in [1.807, 2.05) is 0 Å². The number of aromatic nitrogens is 3. The summed E-state index contributed by atoms with van der Waals surface area (Å²) < 4.78 is 8.37. The third-order valence-corrected chi connectivity index (χ3v) is 15.8. The molecule has 0 saturated carbocycles.